The maximum Gasteiger partial charge on any atom is 0.112 e. The second kappa shape index (κ2) is 7.16. The van der Waals surface area contributed by atoms with Gasteiger partial charge in [0, 0.05) is 17.4 Å². The van der Waals surface area contributed by atoms with Crippen LogP contribution in [0.1, 0.15) is 58.7 Å². The number of benzene rings is 1. The molecule has 0 aliphatic heterocycles. The van der Waals surface area contributed by atoms with Crippen molar-refractivity contribution in [3.63, 3.8) is 0 Å². The van der Waals surface area contributed by atoms with E-state index in [9.17, 15) is 0 Å². The van der Waals surface area contributed by atoms with Crippen molar-refractivity contribution < 1.29 is 0 Å². The zero-order valence-corrected chi connectivity index (χ0v) is 14.0. The molecule has 0 radical (unpaired) electrons. The Kier molecular flexibility index (Phi) is 5.53. The van der Waals surface area contributed by atoms with Gasteiger partial charge in [-0.05, 0) is 36.8 Å². The monoisotopic (exact) mass is 290 g/mol. The molecule has 0 fully saturated rings. The fourth-order valence-corrected chi connectivity index (χ4v) is 3.22. The third-order valence-electron chi connectivity index (χ3n) is 3.47. The zero-order chi connectivity index (χ0) is 14.5. The summed E-state index contributed by atoms with van der Waals surface area (Å²) in [6, 6.07) is 6.72. The SMILES string of the molecule is CCCCn1c(C(C)C)nc2ccc(SCCC)cc21. The van der Waals surface area contributed by atoms with Crippen LogP contribution >= 0.6 is 11.8 Å². The summed E-state index contributed by atoms with van der Waals surface area (Å²) in [5.74, 6) is 2.89. The Morgan fingerprint density at radius 2 is 2.00 bits per heavy atom. The molecular formula is C17H26N2S. The highest BCUT2D eigenvalue weighted by atomic mass is 32.2. The molecule has 0 atom stereocenters. The number of imidazole rings is 1. The Bertz CT molecular complexity index is 557. The molecule has 0 unspecified atom stereocenters. The van der Waals surface area contributed by atoms with E-state index in [1.54, 1.807) is 0 Å². The minimum atomic E-state index is 0.478. The van der Waals surface area contributed by atoms with Gasteiger partial charge in [-0.3, -0.25) is 0 Å². The fraction of sp³-hybridized carbons (Fsp3) is 0.588. The molecule has 0 spiro atoms. The zero-order valence-electron chi connectivity index (χ0n) is 13.1. The number of rotatable bonds is 7. The standard InChI is InChI=1S/C17H26N2S/c1-5-7-10-19-16-12-14(20-11-6-2)8-9-15(16)18-17(19)13(3)4/h8-9,12-13H,5-7,10-11H2,1-4H3. The van der Waals surface area contributed by atoms with E-state index in [2.05, 4.69) is 50.5 Å². The van der Waals surface area contributed by atoms with Crippen LogP contribution in [0.3, 0.4) is 0 Å². The summed E-state index contributed by atoms with van der Waals surface area (Å²) in [6.45, 7) is 10.0. The average molecular weight is 290 g/mol. The van der Waals surface area contributed by atoms with Crippen molar-refractivity contribution in [3.05, 3.63) is 24.0 Å². The van der Waals surface area contributed by atoms with E-state index in [1.807, 2.05) is 11.8 Å². The third-order valence-corrected chi connectivity index (χ3v) is 4.67. The summed E-state index contributed by atoms with van der Waals surface area (Å²) < 4.78 is 2.43. The lowest BCUT2D eigenvalue weighted by molar-refractivity contribution is 0.595. The molecule has 2 nitrogen and oxygen atoms in total. The molecule has 0 bridgehead atoms. The van der Waals surface area contributed by atoms with Crippen LogP contribution in [0.2, 0.25) is 0 Å². The van der Waals surface area contributed by atoms with E-state index in [1.165, 1.54) is 41.3 Å². The van der Waals surface area contributed by atoms with Gasteiger partial charge in [-0.25, -0.2) is 4.98 Å². The molecule has 0 aliphatic rings. The number of aryl methyl sites for hydroxylation is 1. The first-order valence-electron chi connectivity index (χ1n) is 7.80. The van der Waals surface area contributed by atoms with Crippen LogP contribution in [0.15, 0.2) is 23.1 Å². The number of nitrogens with zero attached hydrogens (tertiary/aromatic N) is 2. The van der Waals surface area contributed by atoms with Crippen molar-refractivity contribution in [1.82, 2.24) is 9.55 Å². The quantitative estimate of drug-likeness (QED) is 0.630. The maximum absolute atomic E-state index is 4.84. The Balaban J connectivity index is 2.42. The fourth-order valence-electron chi connectivity index (χ4n) is 2.42. The summed E-state index contributed by atoms with van der Waals surface area (Å²) in [4.78, 5) is 6.21. The molecule has 2 aromatic rings. The van der Waals surface area contributed by atoms with Crippen molar-refractivity contribution in [2.75, 3.05) is 5.75 Å². The van der Waals surface area contributed by atoms with E-state index >= 15 is 0 Å². The van der Waals surface area contributed by atoms with Crippen LogP contribution in [0, 0.1) is 0 Å². The van der Waals surface area contributed by atoms with Gasteiger partial charge in [-0.2, -0.15) is 0 Å². The van der Waals surface area contributed by atoms with E-state index in [-0.39, 0.29) is 0 Å². The van der Waals surface area contributed by atoms with Crippen molar-refractivity contribution in [2.45, 2.75) is 64.3 Å². The van der Waals surface area contributed by atoms with Gasteiger partial charge in [-0.1, -0.05) is 34.1 Å². The lowest BCUT2D eigenvalue weighted by atomic mass is 10.2. The van der Waals surface area contributed by atoms with Crippen LogP contribution in [0.5, 0.6) is 0 Å². The van der Waals surface area contributed by atoms with Gasteiger partial charge in [0.2, 0.25) is 0 Å². The summed E-state index contributed by atoms with van der Waals surface area (Å²) in [5, 5.41) is 0. The summed E-state index contributed by atoms with van der Waals surface area (Å²) >= 11 is 1.94. The molecule has 0 N–H and O–H groups in total. The molecule has 1 aromatic heterocycles. The highest BCUT2D eigenvalue weighted by Gasteiger charge is 2.13. The molecule has 110 valence electrons. The lowest BCUT2D eigenvalue weighted by Crippen LogP contribution is -2.05. The minimum absolute atomic E-state index is 0.478. The molecule has 2 rings (SSSR count). The molecule has 3 heteroatoms. The smallest absolute Gasteiger partial charge is 0.112 e. The number of fused-ring (bicyclic) bond motifs is 1. The highest BCUT2D eigenvalue weighted by molar-refractivity contribution is 7.99. The predicted molar refractivity (Wildman–Crippen MR) is 89.7 cm³/mol. The van der Waals surface area contributed by atoms with Gasteiger partial charge >= 0.3 is 0 Å². The number of hydrogen-bond acceptors (Lipinski definition) is 2. The first-order valence-corrected chi connectivity index (χ1v) is 8.78. The van der Waals surface area contributed by atoms with Crippen molar-refractivity contribution in [2.24, 2.45) is 0 Å². The Morgan fingerprint density at radius 1 is 1.20 bits per heavy atom. The summed E-state index contributed by atoms with van der Waals surface area (Å²) in [7, 11) is 0. The van der Waals surface area contributed by atoms with Crippen LogP contribution in [-0.2, 0) is 6.54 Å². The Morgan fingerprint density at radius 3 is 2.65 bits per heavy atom. The van der Waals surface area contributed by atoms with Gasteiger partial charge in [0.05, 0.1) is 11.0 Å². The second-order valence-electron chi connectivity index (χ2n) is 5.63. The molecule has 0 saturated heterocycles. The minimum Gasteiger partial charge on any atom is -0.328 e. The molecule has 0 amide bonds. The maximum atomic E-state index is 4.84. The van der Waals surface area contributed by atoms with Crippen molar-refractivity contribution >= 4 is 22.8 Å². The van der Waals surface area contributed by atoms with E-state index in [4.69, 9.17) is 4.98 Å². The van der Waals surface area contributed by atoms with E-state index < -0.39 is 0 Å². The molecular weight excluding hydrogens is 264 g/mol. The lowest BCUT2D eigenvalue weighted by Gasteiger charge is -2.11. The first kappa shape index (κ1) is 15.4. The number of unbranched alkanes of at least 4 members (excludes halogenated alkanes) is 1. The van der Waals surface area contributed by atoms with Crippen LogP contribution in [0.4, 0.5) is 0 Å². The van der Waals surface area contributed by atoms with E-state index in [0.29, 0.717) is 5.92 Å². The summed E-state index contributed by atoms with van der Waals surface area (Å²) in [5.41, 5.74) is 2.45. The van der Waals surface area contributed by atoms with Crippen molar-refractivity contribution in [1.29, 1.82) is 0 Å². The molecule has 0 aliphatic carbocycles. The Labute approximate surface area is 127 Å². The topological polar surface area (TPSA) is 17.8 Å². The van der Waals surface area contributed by atoms with Gasteiger partial charge in [0.15, 0.2) is 0 Å². The van der Waals surface area contributed by atoms with Gasteiger partial charge in [-0.15, -0.1) is 11.8 Å². The Hall–Kier alpha value is -0.960. The van der Waals surface area contributed by atoms with Crippen LogP contribution in [0.25, 0.3) is 11.0 Å². The predicted octanol–water partition coefficient (Wildman–Crippen LogP) is 5.46. The molecule has 0 saturated carbocycles. The molecule has 1 aromatic carbocycles. The summed E-state index contributed by atoms with van der Waals surface area (Å²) in [6.07, 6.45) is 3.66. The average Bonchev–Trinajstić information content (AvgIpc) is 2.81. The largest absolute Gasteiger partial charge is 0.328 e. The number of hydrogen-bond donors (Lipinski definition) is 0. The number of aromatic nitrogens is 2. The third kappa shape index (κ3) is 3.38. The number of thioether (sulfide) groups is 1. The van der Waals surface area contributed by atoms with Crippen LogP contribution < -0.4 is 0 Å². The van der Waals surface area contributed by atoms with Crippen molar-refractivity contribution in [3.8, 4) is 0 Å². The highest BCUT2D eigenvalue weighted by Crippen LogP contribution is 2.27. The van der Waals surface area contributed by atoms with Gasteiger partial charge in [0.25, 0.3) is 0 Å². The van der Waals surface area contributed by atoms with Gasteiger partial charge in [0.1, 0.15) is 5.82 Å². The van der Waals surface area contributed by atoms with Gasteiger partial charge < -0.3 is 4.57 Å². The molecule has 20 heavy (non-hydrogen) atoms. The normalized spacial score (nSPS) is 11.7. The second-order valence-corrected chi connectivity index (χ2v) is 6.80. The first-order chi connectivity index (χ1) is 9.67. The van der Waals surface area contributed by atoms with Crippen LogP contribution in [-0.4, -0.2) is 15.3 Å². The molecule has 1 heterocycles. The van der Waals surface area contributed by atoms with E-state index in [0.717, 1.165) is 12.1 Å².